The van der Waals surface area contributed by atoms with Crippen LogP contribution in [0.4, 0.5) is 0 Å². The van der Waals surface area contributed by atoms with E-state index >= 15 is 0 Å². The number of rotatable bonds is 7. The molecule has 0 aliphatic heterocycles. The van der Waals surface area contributed by atoms with Gasteiger partial charge in [-0.25, -0.2) is 8.42 Å². The van der Waals surface area contributed by atoms with Crippen LogP contribution in [0.15, 0.2) is 0 Å². The zero-order chi connectivity index (χ0) is 15.4. The second kappa shape index (κ2) is 6.58. The highest BCUT2D eigenvalue weighted by molar-refractivity contribution is 7.90. The fourth-order valence-electron chi connectivity index (χ4n) is 1.03. The number of hydrogen-bond donors (Lipinski definition) is 2. The summed E-state index contributed by atoms with van der Waals surface area (Å²) in [5.74, 6) is -0.738. The minimum Gasteiger partial charge on any atom is -0.296 e. The van der Waals surface area contributed by atoms with Crippen LogP contribution in [-0.2, 0) is 25.0 Å². The van der Waals surface area contributed by atoms with Gasteiger partial charge in [-0.2, -0.15) is 12.7 Å². The van der Waals surface area contributed by atoms with Gasteiger partial charge in [0.25, 0.3) is 0 Å². The number of carbonyl (C=O) groups is 1. The Morgan fingerprint density at radius 2 is 1.58 bits per heavy atom. The van der Waals surface area contributed by atoms with Crippen LogP contribution in [0.5, 0.6) is 0 Å². The fourth-order valence-corrected chi connectivity index (χ4v) is 3.06. The molecule has 12 heteroatoms. The van der Waals surface area contributed by atoms with E-state index in [9.17, 15) is 21.6 Å². The van der Waals surface area contributed by atoms with E-state index in [0.29, 0.717) is 0 Å². The number of amides is 1. The summed E-state index contributed by atoms with van der Waals surface area (Å²) < 4.78 is 47.4. The smallest absolute Gasteiger partial charge is 0.296 e. The third-order valence-electron chi connectivity index (χ3n) is 1.61. The van der Waals surface area contributed by atoms with Gasteiger partial charge in [-0.15, -0.1) is 4.83 Å². The second-order valence-corrected chi connectivity index (χ2v) is 7.73. The Bertz CT molecular complexity index is 514. The van der Waals surface area contributed by atoms with Crippen molar-refractivity contribution in [2.45, 2.75) is 6.92 Å². The van der Waals surface area contributed by atoms with E-state index < -0.39 is 26.1 Å². The van der Waals surface area contributed by atoms with E-state index in [1.54, 1.807) is 23.8 Å². The lowest BCUT2D eigenvalue weighted by Gasteiger charge is -2.28. The molecule has 0 atom stereocenters. The van der Waals surface area contributed by atoms with Crippen molar-refractivity contribution in [2.75, 3.05) is 34.1 Å². The van der Waals surface area contributed by atoms with Crippen molar-refractivity contribution >= 4 is 26.1 Å². The van der Waals surface area contributed by atoms with Crippen molar-refractivity contribution in [2.24, 2.45) is 0 Å². The molecule has 0 unspecified atom stereocenters. The lowest BCUT2D eigenvalue weighted by molar-refractivity contribution is -0.122. The highest BCUT2D eigenvalue weighted by Gasteiger charge is 2.30. The van der Waals surface area contributed by atoms with Gasteiger partial charge in [0.2, 0.25) is 15.9 Å². The molecule has 0 heterocycles. The van der Waals surface area contributed by atoms with Crippen LogP contribution < -0.4 is 10.3 Å². The molecule has 0 saturated heterocycles. The van der Waals surface area contributed by atoms with Gasteiger partial charge < -0.3 is 0 Å². The van der Waals surface area contributed by atoms with Crippen molar-refractivity contribution in [3.63, 3.8) is 0 Å². The molecule has 0 saturated carbocycles. The van der Waals surface area contributed by atoms with Gasteiger partial charge in [0.15, 0.2) is 0 Å². The average molecular weight is 317 g/mol. The molecule has 1 amide bonds. The summed E-state index contributed by atoms with van der Waals surface area (Å²) in [7, 11) is -3.57. The molecule has 2 N–H and O–H groups in total. The summed E-state index contributed by atoms with van der Waals surface area (Å²) in [4.78, 5) is 14.2. The van der Waals surface area contributed by atoms with Gasteiger partial charge in [0, 0.05) is 14.0 Å². The molecule has 0 aromatic carbocycles. The van der Waals surface area contributed by atoms with E-state index in [1.807, 2.05) is 5.43 Å². The molecule has 0 bridgehead atoms. The van der Waals surface area contributed by atoms with E-state index in [1.165, 1.54) is 7.05 Å². The minimum absolute atomic E-state index is 0.00383. The third kappa shape index (κ3) is 6.79. The molecule has 0 aliphatic rings. The number of carbonyl (C=O) groups excluding carboxylic acids is 1. The largest absolute Gasteiger partial charge is 0.314 e. The van der Waals surface area contributed by atoms with Crippen LogP contribution >= 0.6 is 0 Å². The first-order valence-corrected chi connectivity index (χ1v) is 8.31. The molecule has 0 aliphatic carbocycles. The van der Waals surface area contributed by atoms with Gasteiger partial charge in [-0.3, -0.25) is 15.1 Å². The van der Waals surface area contributed by atoms with Crippen LogP contribution in [-0.4, -0.2) is 70.5 Å². The SMILES string of the molecule is CC(=O)NN(NS(C)(=O)=O)S(=O)(=O)N(C)CN(C)C. The zero-order valence-electron chi connectivity index (χ0n) is 11.4. The summed E-state index contributed by atoms with van der Waals surface area (Å²) in [6.07, 6.45) is 0.767. The Morgan fingerprint density at radius 1 is 1.11 bits per heavy atom. The van der Waals surface area contributed by atoms with E-state index in [4.69, 9.17) is 0 Å². The standard InChI is InChI=1S/C7H19N5O5S2/c1-7(13)8-12(9-18(5,14)15)19(16,17)11(4)6-10(2)3/h9H,6H2,1-5H3,(H,8,13). The fraction of sp³-hybridized carbons (Fsp3) is 0.857. The summed E-state index contributed by atoms with van der Waals surface area (Å²) in [5.41, 5.74) is 1.89. The topological polar surface area (TPSA) is 119 Å². The number of sulfonamides is 1. The Morgan fingerprint density at radius 3 is 1.89 bits per heavy atom. The third-order valence-corrected chi connectivity index (χ3v) is 3.79. The van der Waals surface area contributed by atoms with Crippen LogP contribution in [0, 0.1) is 0 Å². The maximum atomic E-state index is 12.1. The zero-order valence-corrected chi connectivity index (χ0v) is 13.0. The Labute approximate surface area is 113 Å². The molecule has 0 rings (SSSR count). The van der Waals surface area contributed by atoms with Crippen LogP contribution in [0.2, 0.25) is 0 Å². The molecule has 114 valence electrons. The first kappa shape index (κ1) is 18.2. The van der Waals surface area contributed by atoms with Gasteiger partial charge in [-0.05, 0) is 18.6 Å². The monoisotopic (exact) mass is 317 g/mol. The number of hydrogen-bond acceptors (Lipinski definition) is 6. The van der Waals surface area contributed by atoms with Crippen LogP contribution in [0.3, 0.4) is 0 Å². The first-order valence-electron chi connectivity index (χ1n) is 5.02. The summed E-state index contributed by atoms with van der Waals surface area (Å²) in [6, 6.07) is 0. The molecule has 0 aromatic rings. The number of hydrazine groups is 2. The Kier molecular flexibility index (Phi) is 6.31. The maximum absolute atomic E-state index is 12.1. The normalized spacial score (nSPS) is 13.3. The van der Waals surface area contributed by atoms with Gasteiger partial charge in [0.05, 0.1) is 12.9 Å². The van der Waals surface area contributed by atoms with Gasteiger partial charge in [0.1, 0.15) is 0 Å². The average Bonchev–Trinajstić information content (AvgIpc) is 2.12. The van der Waals surface area contributed by atoms with E-state index in [0.717, 1.165) is 17.5 Å². The number of nitrogens with one attached hydrogen (secondary N) is 2. The predicted molar refractivity (Wildman–Crippen MR) is 68.9 cm³/mol. The second-order valence-electron chi connectivity index (χ2n) is 4.12. The van der Waals surface area contributed by atoms with Gasteiger partial charge >= 0.3 is 10.2 Å². The molecule has 0 fully saturated rings. The molecular weight excluding hydrogens is 298 g/mol. The Hall–Kier alpha value is -0.790. The quantitative estimate of drug-likeness (QED) is 0.396. The highest BCUT2D eigenvalue weighted by Crippen LogP contribution is 2.02. The molecular formula is C7H19N5O5S2. The summed E-state index contributed by atoms with van der Waals surface area (Å²) in [5, 5.41) is 0. The summed E-state index contributed by atoms with van der Waals surface area (Å²) >= 11 is 0. The minimum atomic E-state index is -4.22. The lowest BCUT2D eigenvalue weighted by atomic mass is 10.8. The van der Waals surface area contributed by atoms with Crippen molar-refractivity contribution in [3.05, 3.63) is 0 Å². The van der Waals surface area contributed by atoms with Crippen LogP contribution in [0.25, 0.3) is 0 Å². The molecule has 19 heavy (non-hydrogen) atoms. The summed E-state index contributed by atoms with van der Waals surface area (Å²) in [6.45, 7) is 1.06. The molecule has 0 radical (unpaired) electrons. The van der Waals surface area contributed by atoms with Gasteiger partial charge in [-0.1, -0.05) is 0 Å². The van der Waals surface area contributed by atoms with E-state index in [2.05, 4.69) is 0 Å². The number of nitrogens with zero attached hydrogens (tertiary/aromatic N) is 3. The molecule has 10 nitrogen and oxygen atoms in total. The van der Waals surface area contributed by atoms with Crippen molar-refractivity contribution < 1.29 is 21.6 Å². The van der Waals surface area contributed by atoms with Crippen molar-refractivity contribution in [1.82, 2.24) is 24.0 Å². The van der Waals surface area contributed by atoms with Crippen molar-refractivity contribution in [3.8, 4) is 0 Å². The first-order chi connectivity index (χ1) is 8.36. The predicted octanol–water partition coefficient (Wildman–Crippen LogP) is -2.50. The van der Waals surface area contributed by atoms with Crippen LogP contribution in [0.1, 0.15) is 6.92 Å². The Balaban J connectivity index is 5.28. The van der Waals surface area contributed by atoms with Crippen molar-refractivity contribution in [1.29, 1.82) is 0 Å². The maximum Gasteiger partial charge on any atom is 0.314 e. The molecule has 0 aromatic heterocycles. The lowest BCUT2D eigenvalue weighted by Crippen LogP contribution is -2.59. The molecule has 0 spiro atoms. The van der Waals surface area contributed by atoms with E-state index in [-0.39, 0.29) is 11.2 Å². The highest BCUT2D eigenvalue weighted by atomic mass is 32.2.